The smallest absolute Gasteiger partial charge is 0.329 e. The van der Waals surface area contributed by atoms with Gasteiger partial charge in [-0.05, 0) is 25.7 Å². The van der Waals surface area contributed by atoms with Crippen molar-refractivity contribution < 1.29 is 4.79 Å². The van der Waals surface area contributed by atoms with Crippen molar-refractivity contribution >= 4 is 5.91 Å². The van der Waals surface area contributed by atoms with Crippen LogP contribution in [0.2, 0.25) is 0 Å². The molecule has 8 nitrogen and oxygen atoms in total. The maximum absolute atomic E-state index is 13.0. The average Bonchev–Trinajstić information content (AvgIpc) is 3.04. The zero-order chi connectivity index (χ0) is 18.4. The SMILES string of the molecule is Cc1cnc(C(=O)N2[C@@H]3CC[C@H]2Cc2nn(CC(C)C)c(=O)n2C3)cn1. The number of nitrogens with zero attached hydrogens (tertiary/aromatic N) is 6. The second-order valence-corrected chi connectivity index (χ2v) is 7.73. The molecule has 0 spiro atoms. The Labute approximate surface area is 151 Å². The molecule has 4 rings (SSSR count). The Morgan fingerprint density at radius 2 is 2.00 bits per heavy atom. The van der Waals surface area contributed by atoms with Crippen molar-refractivity contribution in [2.75, 3.05) is 0 Å². The normalized spacial score (nSPS) is 21.8. The molecule has 2 atom stereocenters. The number of hydrogen-bond acceptors (Lipinski definition) is 5. The summed E-state index contributed by atoms with van der Waals surface area (Å²) >= 11 is 0. The number of hydrogen-bond donors (Lipinski definition) is 0. The fraction of sp³-hybridized carbons (Fsp3) is 0.611. The minimum atomic E-state index is -0.0988. The summed E-state index contributed by atoms with van der Waals surface area (Å²) < 4.78 is 3.33. The van der Waals surface area contributed by atoms with Crippen molar-refractivity contribution in [1.82, 2.24) is 29.2 Å². The number of fused-ring (bicyclic) bond motifs is 3. The standard InChI is InChI=1S/C18H24N6O2/c1-11(2)9-23-18(26)22-10-14-5-4-13(6-16(22)21-23)24(14)17(25)15-8-19-12(3)7-20-15/h7-8,11,13-14H,4-6,9-10H2,1-3H3/t13-,14+/m0/s1. The van der Waals surface area contributed by atoms with Gasteiger partial charge in [0, 0.05) is 31.7 Å². The second kappa shape index (κ2) is 6.34. The molecule has 1 saturated heterocycles. The average molecular weight is 356 g/mol. The van der Waals surface area contributed by atoms with E-state index in [1.165, 1.54) is 6.20 Å². The van der Waals surface area contributed by atoms with Crippen LogP contribution in [0, 0.1) is 12.8 Å². The van der Waals surface area contributed by atoms with Gasteiger partial charge in [-0.15, -0.1) is 0 Å². The van der Waals surface area contributed by atoms with Gasteiger partial charge in [0.25, 0.3) is 5.91 Å². The van der Waals surface area contributed by atoms with Gasteiger partial charge in [0.05, 0.1) is 17.9 Å². The Kier molecular flexibility index (Phi) is 4.13. The molecule has 0 aliphatic carbocycles. The molecular weight excluding hydrogens is 332 g/mol. The maximum Gasteiger partial charge on any atom is 0.345 e. The first-order valence-electron chi connectivity index (χ1n) is 9.22. The molecule has 26 heavy (non-hydrogen) atoms. The molecule has 2 aliphatic rings. The number of carbonyl (C=O) groups is 1. The third-order valence-corrected chi connectivity index (χ3v) is 5.20. The van der Waals surface area contributed by atoms with Gasteiger partial charge in [0.1, 0.15) is 11.5 Å². The van der Waals surface area contributed by atoms with E-state index in [1.54, 1.807) is 15.4 Å². The van der Waals surface area contributed by atoms with Gasteiger partial charge >= 0.3 is 5.69 Å². The van der Waals surface area contributed by atoms with Crippen molar-refractivity contribution in [3.05, 3.63) is 40.1 Å². The lowest BCUT2D eigenvalue weighted by Gasteiger charge is -2.27. The number of aryl methyl sites for hydroxylation is 1. The molecule has 0 radical (unpaired) electrons. The molecule has 138 valence electrons. The van der Waals surface area contributed by atoms with Crippen molar-refractivity contribution in [3.63, 3.8) is 0 Å². The molecule has 2 aromatic heterocycles. The molecule has 0 unspecified atom stereocenters. The van der Waals surface area contributed by atoms with E-state index < -0.39 is 0 Å². The van der Waals surface area contributed by atoms with Crippen LogP contribution >= 0.6 is 0 Å². The zero-order valence-corrected chi connectivity index (χ0v) is 15.4. The number of rotatable bonds is 3. The third kappa shape index (κ3) is 2.83. The summed E-state index contributed by atoms with van der Waals surface area (Å²) in [6.07, 6.45) is 5.60. The fourth-order valence-corrected chi connectivity index (χ4v) is 4.01. The highest BCUT2D eigenvalue weighted by Crippen LogP contribution is 2.31. The fourth-order valence-electron chi connectivity index (χ4n) is 4.01. The van der Waals surface area contributed by atoms with E-state index in [4.69, 9.17) is 0 Å². The van der Waals surface area contributed by atoms with E-state index >= 15 is 0 Å². The van der Waals surface area contributed by atoms with E-state index in [1.807, 2.05) is 11.8 Å². The first kappa shape index (κ1) is 16.9. The van der Waals surface area contributed by atoms with Crippen LogP contribution in [-0.4, -0.2) is 47.2 Å². The molecule has 1 fully saturated rings. The van der Waals surface area contributed by atoms with Crippen LogP contribution in [0.25, 0.3) is 0 Å². The van der Waals surface area contributed by atoms with Crippen molar-refractivity contribution in [2.24, 2.45) is 5.92 Å². The van der Waals surface area contributed by atoms with Crippen LogP contribution in [-0.2, 0) is 19.5 Å². The lowest BCUT2D eigenvalue weighted by molar-refractivity contribution is 0.0658. The van der Waals surface area contributed by atoms with Gasteiger partial charge in [-0.1, -0.05) is 13.8 Å². The highest BCUT2D eigenvalue weighted by molar-refractivity contribution is 5.92. The summed E-state index contributed by atoms with van der Waals surface area (Å²) in [4.78, 5) is 36.0. The minimum Gasteiger partial charge on any atom is -0.329 e. The molecule has 1 amide bonds. The van der Waals surface area contributed by atoms with Gasteiger partial charge in [0.15, 0.2) is 0 Å². The molecule has 0 saturated carbocycles. The monoisotopic (exact) mass is 356 g/mol. The first-order chi connectivity index (χ1) is 12.4. The lowest BCUT2D eigenvalue weighted by Crippen LogP contribution is -2.43. The largest absolute Gasteiger partial charge is 0.345 e. The topological polar surface area (TPSA) is 85.9 Å². The van der Waals surface area contributed by atoms with E-state index in [2.05, 4.69) is 28.9 Å². The molecule has 8 heteroatoms. The highest BCUT2D eigenvalue weighted by Gasteiger charge is 2.42. The summed E-state index contributed by atoms with van der Waals surface area (Å²) in [5.74, 6) is 1.05. The van der Waals surface area contributed by atoms with Gasteiger partial charge in [-0.25, -0.2) is 14.5 Å². The Morgan fingerprint density at radius 3 is 2.69 bits per heavy atom. The summed E-state index contributed by atoms with van der Waals surface area (Å²) in [7, 11) is 0. The Bertz CT molecular complexity index is 882. The first-order valence-corrected chi connectivity index (χ1v) is 9.22. The number of aromatic nitrogens is 5. The van der Waals surface area contributed by atoms with Crippen LogP contribution in [0.1, 0.15) is 48.7 Å². The quantitative estimate of drug-likeness (QED) is 0.820. The summed E-state index contributed by atoms with van der Waals surface area (Å²) in [5, 5.41) is 4.55. The van der Waals surface area contributed by atoms with Crippen LogP contribution in [0.4, 0.5) is 0 Å². The van der Waals surface area contributed by atoms with Gasteiger partial charge in [-0.3, -0.25) is 14.3 Å². The molecule has 0 N–H and O–H groups in total. The van der Waals surface area contributed by atoms with Gasteiger partial charge in [0.2, 0.25) is 0 Å². The van der Waals surface area contributed by atoms with Gasteiger partial charge < -0.3 is 4.90 Å². The summed E-state index contributed by atoms with van der Waals surface area (Å²) in [6, 6.07) is 0.0670. The summed E-state index contributed by atoms with van der Waals surface area (Å²) in [5.41, 5.74) is 1.08. The van der Waals surface area contributed by atoms with Crippen molar-refractivity contribution in [1.29, 1.82) is 0 Å². The highest BCUT2D eigenvalue weighted by atomic mass is 16.2. The van der Waals surface area contributed by atoms with Crippen LogP contribution in [0.15, 0.2) is 17.2 Å². The van der Waals surface area contributed by atoms with Crippen molar-refractivity contribution in [3.8, 4) is 0 Å². The number of amides is 1. The molecule has 0 aromatic carbocycles. The molecule has 2 bridgehead atoms. The predicted octanol–water partition coefficient (Wildman–Crippen LogP) is 1.03. The molecular formula is C18H24N6O2. The van der Waals surface area contributed by atoms with E-state index in [0.29, 0.717) is 31.1 Å². The zero-order valence-electron chi connectivity index (χ0n) is 15.4. The minimum absolute atomic E-state index is 0.00579. The molecule has 2 aromatic rings. The second-order valence-electron chi connectivity index (χ2n) is 7.73. The Morgan fingerprint density at radius 1 is 1.23 bits per heavy atom. The Hall–Kier alpha value is -2.51. The number of carbonyl (C=O) groups excluding carboxylic acids is 1. The van der Waals surface area contributed by atoms with Crippen LogP contribution in [0.5, 0.6) is 0 Å². The van der Waals surface area contributed by atoms with E-state index in [0.717, 1.165) is 24.4 Å². The van der Waals surface area contributed by atoms with E-state index in [-0.39, 0.29) is 23.7 Å². The third-order valence-electron chi connectivity index (χ3n) is 5.20. The Balaban J connectivity index is 1.63. The van der Waals surface area contributed by atoms with Crippen LogP contribution < -0.4 is 5.69 Å². The van der Waals surface area contributed by atoms with E-state index in [9.17, 15) is 9.59 Å². The lowest BCUT2D eigenvalue weighted by atomic mass is 10.1. The summed E-state index contributed by atoms with van der Waals surface area (Å²) in [6.45, 7) is 7.12. The predicted molar refractivity (Wildman–Crippen MR) is 94.8 cm³/mol. The molecule has 4 heterocycles. The molecule has 2 aliphatic heterocycles. The maximum atomic E-state index is 13.0. The van der Waals surface area contributed by atoms with Crippen LogP contribution in [0.3, 0.4) is 0 Å². The van der Waals surface area contributed by atoms with Gasteiger partial charge in [-0.2, -0.15) is 5.10 Å². The van der Waals surface area contributed by atoms with Crippen molar-refractivity contribution in [2.45, 2.75) is 65.2 Å².